The van der Waals surface area contributed by atoms with E-state index in [1.165, 1.54) is 32.6 Å². The average molecular weight is 482 g/mol. The Bertz CT molecular complexity index is 1240. The smallest absolute Gasteiger partial charge is 0.255 e. The van der Waals surface area contributed by atoms with Crippen LogP contribution in [0.4, 0.5) is 0 Å². The van der Waals surface area contributed by atoms with Crippen LogP contribution in [0.3, 0.4) is 0 Å². The first-order chi connectivity index (χ1) is 16.3. The van der Waals surface area contributed by atoms with E-state index in [9.17, 15) is 13.2 Å². The average Bonchev–Trinajstić information content (AvgIpc) is 2.85. The molecule has 0 aliphatic carbocycles. The Morgan fingerprint density at radius 2 is 1.65 bits per heavy atom. The third kappa shape index (κ3) is 6.43. The van der Waals surface area contributed by atoms with E-state index in [2.05, 4.69) is 10.5 Å². The minimum atomic E-state index is -3.91. The molecule has 0 unspecified atom stereocenters. The summed E-state index contributed by atoms with van der Waals surface area (Å²) in [4.78, 5) is 12.7. The molecule has 3 aromatic rings. The maximum absolute atomic E-state index is 13.2. The van der Waals surface area contributed by atoms with Gasteiger partial charge in [0, 0.05) is 6.54 Å². The summed E-state index contributed by atoms with van der Waals surface area (Å²) < 4.78 is 38.1. The summed E-state index contributed by atoms with van der Waals surface area (Å²) >= 11 is 0. The quantitative estimate of drug-likeness (QED) is 0.354. The van der Waals surface area contributed by atoms with Crippen molar-refractivity contribution in [3.05, 3.63) is 89.5 Å². The molecule has 0 heterocycles. The Hall–Kier alpha value is -3.69. The summed E-state index contributed by atoms with van der Waals surface area (Å²) in [6.45, 7) is 1.60. The van der Waals surface area contributed by atoms with E-state index in [-0.39, 0.29) is 11.4 Å². The van der Waals surface area contributed by atoms with Gasteiger partial charge in [0.05, 0.1) is 31.9 Å². The van der Waals surface area contributed by atoms with Gasteiger partial charge in [-0.05, 0) is 48.4 Å². The van der Waals surface area contributed by atoms with E-state index in [1.807, 2.05) is 31.2 Å². The van der Waals surface area contributed by atoms with Gasteiger partial charge in [-0.25, -0.2) is 13.8 Å². The molecule has 0 aromatic heterocycles. The molecule has 178 valence electrons. The van der Waals surface area contributed by atoms with Gasteiger partial charge in [0.1, 0.15) is 0 Å². The number of hydrogen-bond acceptors (Lipinski definition) is 6. The SMILES string of the molecule is COc1ccc(C=NNC(=O)CN(Cc2ccc(C)cc2)S(=O)(=O)c2ccccc2)cc1OC. The number of hydrogen-bond donors (Lipinski definition) is 1. The highest BCUT2D eigenvalue weighted by Crippen LogP contribution is 2.26. The van der Waals surface area contributed by atoms with E-state index < -0.39 is 22.5 Å². The molecular weight excluding hydrogens is 454 g/mol. The summed E-state index contributed by atoms with van der Waals surface area (Å²) in [6, 6.07) is 20.7. The number of methoxy groups -OCH3 is 2. The van der Waals surface area contributed by atoms with Crippen molar-refractivity contribution in [2.45, 2.75) is 18.4 Å². The summed E-state index contributed by atoms with van der Waals surface area (Å²) in [7, 11) is -0.845. The third-order valence-corrected chi connectivity index (χ3v) is 6.80. The van der Waals surface area contributed by atoms with Gasteiger partial charge in [-0.3, -0.25) is 4.79 Å². The topological polar surface area (TPSA) is 97.3 Å². The Morgan fingerprint density at radius 1 is 0.971 bits per heavy atom. The molecule has 0 radical (unpaired) electrons. The van der Waals surface area contributed by atoms with Crippen LogP contribution in [0, 0.1) is 6.92 Å². The van der Waals surface area contributed by atoms with E-state index in [0.29, 0.717) is 17.1 Å². The van der Waals surface area contributed by atoms with E-state index in [1.54, 1.807) is 36.4 Å². The van der Waals surface area contributed by atoms with Gasteiger partial charge in [0.2, 0.25) is 10.0 Å². The van der Waals surface area contributed by atoms with Crippen molar-refractivity contribution in [2.75, 3.05) is 20.8 Å². The highest BCUT2D eigenvalue weighted by Gasteiger charge is 2.26. The lowest BCUT2D eigenvalue weighted by Crippen LogP contribution is -2.39. The second-order valence-electron chi connectivity index (χ2n) is 7.48. The zero-order valence-corrected chi connectivity index (χ0v) is 20.1. The fourth-order valence-electron chi connectivity index (χ4n) is 3.17. The number of ether oxygens (including phenoxy) is 2. The molecule has 34 heavy (non-hydrogen) atoms. The molecule has 0 aliphatic rings. The first-order valence-corrected chi connectivity index (χ1v) is 11.9. The maximum atomic E-state index is 13.2. The van der Waals surface area contributed by atoms with E-state index in [4.69, 9.17) is 9.47 Å². The molecular formula is C25H27N3O5S. The first kappa shape index (κ1) is 24.9. The van der Waals surface area contributed by atoms with Gasteiger partial charge in [-0.15, -0.1) is 0 Å². The fraction of sp³-hybridized carbons (Fsp3) is 0.200. The van der Waals surface area contributed by atoms with Crippen LogP contribution in [-0.4, -0.2) is 45.6 Å². The van der Waals surface area contributed by atoms with Gasteiger partial charge in [-0.1, -0.05) is 48.0 Å². The van der Waals surface area contributed by atoms with Crippen LogP contribution in [0.1, 0.15) is 16.7 Å². The Labute approximate surface area is 199 Å². The van der Waals surface area contributed by atoms with E-state index in [0.717, 1.165) is 15.4 Å². The second kappa shape index (κ2) is 11.4. The minimum Gasteiger partial charge on any atom is -0.493 e. The number of carbonyl (C=O) groups is 1. The number of sulfonamides is 1. The van der Waals surface area contributed by atoms with Crippen molar-refractivity contribution in [1.29, 1.82) is 0 Å². The van der Waals surface area contributed by atoms with Gasteiger partial charge >= 0.3 is 0 Å². The van der Waals surface area contributed by atoms with Gasteiger partial charge in [0.25, 0.3) is 5.91 Å². The molecule has 0 fully saturated rings. The molecule has 1 N–H and O–H groups in total. The molecule has 8 nitrogen and oxygen atoms in total. The van der Waals surface area contributed by atoms with Crippen LogP contribution < -0.4 is 14.9 Å². The number of nitrogens with one attached hydrogen (secondary N) is 1. The van der Waals surface area contributed by atoms with Crippen LogP contribution in [0.2, 0.25) is 0 Å². The Morgan fingerprint density at radius 3 is 2.29 bits per heavy atom. The largest absolute Gasteiger partial charge is 0.493 e. The number of carbonyl (C=O) groups excluding carboxylic acids is 1. The van der Waals surface area contributed by atoms with Crippen LogP contribution in [0.25, 0.3) is 0 Å². The van der Waals surface area contributed by atoms with Crippen LogP contribution in [-0.2, 0) is 21.4 Å². The molecule has 3 rings (SSSR count). The van der Waals surface area contributed by atoms with Crippen molar-refractivity contribution in [1.82, 2.24) is 9.73 Å². The number of nitrogens with zero attached hydrogens (tertiary/aromatic N) is 2. The summed E-state index contributed by atoms with van der Waals surface area (Å²) in [5.74, 6) is 0.529. The second-order valence-corrected chi connectivity index (χ2v) is 9.42. The van der Waals surface area contributed by atoms with Crippen molar-refractivity contribution in [3.63, 3.8) is 0 Å². The fourth-order valence-corrected chi connectivity index (χ4v) is 4.58. The van der Waals surface area contributed by atoms with Crippen LogP contribution in [0.15, 0.2) is 82.8 Å². The number of aryl methyl sites for hydroxylation is 1. The van der Waals surface area contributed by atoms with Crippen molar-refractivity contribution >= 4 is 22.1 Å². The zero-order chi connectivity index (χ0) is 24.6. The maximum Gasteiger partial charge on any atom is 0.255 e. The number of benzene rings is 3. The van der Waals surface area contributed by atoms with Crippen molar-refractivity contribution in [3.8, 4) is 11.5 Å². The highest BCUT2D eigenvalue weighted by atomic mass is 32.2. The molecule has 9 heteroatoms. The van der Waals surface area contributed by atoms with Crippen molar-refractivity contribution in [2.24, 2.45) is 5.10 Å². The number of rotatable bonds is 10. The van der Waals surface area contributed by atoms with Crippen LogP contribution in [0.5, 0.6) is 11.5 Å². The molecule has 0 saturated carbocycles. The van der Waals surface area contributed by atoms with Crippen LogP contribution >= 0.6 is 0 Å². The monoisotopic (exact) mass is 481 g/mol. The standard InChI is InChI=1S/C25H27N3O5S/c1-19-9-11-20(12-10-19)17-28(34(30,31)22-7-5-4-6-8-22)18-25(29)27-26-16-21-13-14-23(32-2)24(15-21)33-3/h4-16H,17-18H2,1-3H3,(H,27,29). The number of amides is 1. The molecule has 0 spiro atoms. The molecule has 0 bridgehead atoms. The third-order valence-electron chi connectivity index (χ3n) is 4.99. The van der Waals surface area contributed by atoms with E-state index >= 15 is 0 Å². The Kier molecular flexibility index (Phi) is 8.39. The normalized spacial score (nSPS) is 11.5. The molecule has 0 atom stereocenters. The molecule has 3 aromatic carbocycles. The first-order valence-electron chi connectivity index (χ1n) is 10.5. The number of hydrazone groups is 1. The molecule has 1 amide bonds. The highest BCUT2D eigenvalue weighted by molar-refractivity contribution is 7.89. The summed E-state index contributed by atoms with van der Waals surface area (Å²) in [5, 5.41) is 3.96. The lowest BCUT2D eigenvalue weighted by Gasteiger charge is -2.21. The molecule has 0 saturated heterocycles. The van der Waals surface area contributed by atoms with Gasteiger partial charge in [-0.2, -0.15) is 9.41 Å². The van der Waals surface area contributed by atoms with Gasteiger partial charge < -0.3 is 9.47 Å². The van der Waals surface area contributed by atoms with Gasteiger partial charge in [0.15, 0.2) is 11.5 Å². The summed E-state index contributed by atoms with van der Waals surface area (Å²) in [5.41, 5.74) is 4.90. The predicted octanol–water partition coefficient (Wildman–Crippen LogP) is 3.35. The summed E-state index contributed by atoms with van der Waals surface area (Å²) in [6.07, 6.45) is 1.44. The predicted molar refractivity (Wildman–Crippen MR) is 130 cm³/mol. The van der Waals surface area contributed by atoms with Crippen molar-refractivity contribution < 1.29 is 22.7 Å². The minimum absolute atomic E-state index is 0.0460. The Balaban J connectivity index is 1.75. The lowest BCUT2D eigenvalue weighted by atomic mass is 10.1. The lowest BCUT2D eigenvalue weighted by molar-refractivity contribution is -0.121. The zero-order valence-electron chi connectivity index (χ0n) is 19.3. The molecule has 0 aliphatic heterocycles.